The van der Waals surface area contributed by atoms with Gasteiger partial charge in [0.15, 0.2) is 26.4 Å². The first kappa shape index (κ1) is 51.2. The highest BCUT2D eigenvalue weighted by molar-refractivity contribution is 5.91. The van der Waals surface area contributed by atoms with Crippen LogP contribution in [0.3, 0.4) is 0 Å². The fraction of sp³-hybridized carbons (Fsp3) is 0.308. The van der Waals surface area contributed by atoms with Crippen molar-refractivity contribution >= 4 is 57.8 Å². The summed E-state index contributed by atoms with van der Waals surface area (Å²) in [6, 6.07) is 25.9. The van der Waals surface area contributed by atoms with E-state index in [1.54, 1.807) is 100 Å². The Labute approximate surface area is 409 Å². The van der Waals surface area contributed by atoms with E-state index in [-0.39, 0.29) is 39.6 Å². The second-order valence-electron chi connectivity index (χ2n) is 15.6. The molecule has 4 aromatic carbocycles. The molecular weight excluding hydrogens is 945 g/mol. The van der Waals surface area contributed by atoms with Gasteiger partial charge in [0, 0.05) is 70.1 Å². The molecule has 9 rings (SSSR count). The lowest BCUT2D eigenvalue weighted by Crippen LogP contribution is -2.56. The van der Waals surface area contributed by atoms with Crippen molar-refractivity contribution in [3.63, 3.8) is 0 Å². The molecule has 20 nitrogen and oxygen atoms in total. The average molecular weight is 993 g/mol. The summed E-state index contributed by atoms with van der Waals surface area (Å²) in [5, 5.41) is 1.58. The van der Waals surface area contributed by atoms with Crippen molar-refractivity contribution in [3.8, 4) is 34.5 Å². The molecule has 2 aromatic heterocycles. The maximum atomic E-state index is 13.0. The first-order valence-corrected chi connectivity index (χ1v) is 22.7. The van der Waals surface area contributed by atoms with Crippen molar-refractivity contribution in [2.75, 3.05) is 52.9 Å². The highest BCUT2D eigenvalue weighted by Gasteiger charge is 2.64. The van der Waals surface area contributed by atoms with Crippen LogP contribution in [0.5, 0.6) is 34.5 Å². The SMILES string of the molecule is CCOC(=O)COc1ccc2c(c1)OC(=O)C1C2C2C(=O)Oc3cc(OCC(=O)OCC)ccc3C12.CCOC(=O)COc1ccc2ccc(=O)oc2c1.CCOC(=O)COc1ccc2ccc(=O)oc2c1. The molecule has 0 spiro atoms. The van der Waals surface area contributed by atoms with Crippen LogP contribution in [-0.2, 0) is 47.7 Å². The van der Waals surface area contributed by atoms with E-state index >= 15 is 0 Å². The summed E-state index contributed by atoms with van der Waals surface area (Å²) < 4.78 is 61.7. The molecule has 0 atom stereocenters. The molecule has 1 saturated carbocycles. The van der Waals surface area contributed by atoms with Crippen LogP contribution in [0.15, 0.2) is 115 Å². The lowest BCUT2D eigenvalue weighted by atomic mass is 9.51. The molecule has 0 bridgehead atoms. The Bertz CT molecular complexity index is 2880. The van der Waals surface area contributed by atoms with Crippen molar-refractivity contribution in [2.24, 2.45) is 11.8 Å². The molecule has 0 amide bonds. The molecule has 1 fully saturated rings. The van der Waals surface area contributed by atoms with Crippen LogP contribution in [0.25, 0.3) is 21.9 Å². The highest BCUT2D eigenvalue weighted by Crippen LogP contribution is 2.64. The lowest BCUT2D eigenvalue weighted by molar-refractivity contribution is -0.161. The van der Waals surface area contributed by atoms with Gasteiger partial charge in [-0.2, -0.15) is 0 Å². The standard InChI is InChI=1S/C26H24O10.2C13H12O5/c1-3-31-19(27)11-33-13-5-7-15-17(9-13)35-25(29)23-21(15)24-22(23)16-8-6-14(10-18(16)36-26(24)30)34-12-20(28)32-4-2;2*1-2-16-13(15)8-17-10-5-3-9-4-6-12(14)18-11(9)7-10/h5-10,21-24H,3-4,11-12H2,1-2H3;2*3-7H,2,8H2,1H3. The Balaban J connectivity index is 0.000000177. The third-order valence-corrected chi connectivity index (χ3v) is 11.0. The van der Waals surface area contributed by atoms with Crippen LogP contribution >= 0.6 is 0 Å². The van der Waals surface area contributed by atoms with Crippen LogP contribution in [-0.4, -0.2) is 88.7 Å². The van der Waals surface area contributed by atoms with Gasteiger partial charge < -0.3 is 56.2 Å². The van der Waals surface area contributed by atoms with Crippen LogP contribution in [0.2, 0.25) is 0 Å². The van der Waals surface area contributed by atoms with E-state index in [1.807, 2.05) is 0 Å². The summed E-state index contributed by atoms with van der Waals surface area (Å²) in [5.41, 5.74) is 1.40. The van der Waals surface area contributed by atoms with Crippen molar-refractivity contribution < 1.29 is 85.0 Å². The second kappa shape index (κ2) is 23.8. The predicted octanol–water partition coefficient (Wildman–Crippen LogP) is 5.99. The molecule has 2 aliphatic heterocycles. The Kier molecular flexibility index (Phi) is 16.9. The number of benzene rings is 4. The first-order valence-electron chi connectivity index (χ1n) is 22.7. The number of ether oxygens (including phenoxy) is 10. The Morgan fingerprint density at radius 3 is 1.04 bits per heavy atom. The van der Waals surface area contributed by atoms with Gasteiger partial charge in [-0.15, -0.1) is 0 Å². The van der Waals surface area contributed by atoms with Gasteiger partial charge in [-0.05, 0) is 76.2 Å². The highest BCUT2D eigenvalue weighted by atomic mass is 16.6. The zero-order valence-corrected chi connectivity index (χ0v) is 39.4. The molecule has 0 N–H and O–H groups in total. The van der Waals surface area contributed by atoms with Crippen LogP contribution in [0.1, 0.15) is 50.7 Å². The fourth-order valence-electron chi connectivity index (χ4n) is 8.04. The summed E-state index contributed by atoms with van der Waals surface area (Å²) in [6.07, 6.45) is 0. The van der Waals surface area contributed by atoms with Gasteiger partial charge in [-0.3, -0.25) is 9.59 Å². The van der Waals surface area contributed by atoms with Crippen LogP contribution in [0.4, 0.5) is 0 Å². The molecule has 376 valence electrons. The van der Waals surface area contributed by atoms with Gasteiger partial charge in [0.05, 0.1) is 38.3 Å². The molecule has 6 aromatic rings. The third-order valence-electron chi connectivity index (χ3n) is 11.0. The Morgan fingerprint density at radius 1 is 0.403 bits per heavy atom. The van der Waals surface area contributed by atoms with Gasteiger partial charge in [0.1, 0.15) is 45.7 Å². The van der Waals surface area contributed by atoms with E-state index in [2.05, 4.69) is 0 Å². The largest absolute Gasteiger partial charge is 0.482 e. The Hall–Kier alpha value is -8.68. The van der Waals surface area contributed by atoms with E-state index < -0.39 is 70.7 Å². The maximum absolute atomic E-state index is 13.0. The lowest BCUT2D eigenvalue weighted by Gasteiger charge is -2.53. The summed E-state index contributed by atoms with van der Waals surface area (Å²) in [7, 11) is 0. The van der Waals surface area contributed by atoms with Gasteiger partial charge >= 0.3 is 47.1 Å². The summed E-state index contributed by atoms with van der Waals surface area (Å²) >= 11 is 0. The number of hydrogen-bond donors (Lipinski definition) is 0. The molecule has 3 aliphatic rings. The zero-order chi connectivity index (χ0) is 51.3. The second-order valence-corrected chi connectivity index (χ2v) is 15.6. The van der Waals surface area contributed by atoms with E-state index in [0.717, 1.165) is 10.8 Å². The van der Waals surface area contributed by atoms with E-state index in [1.165, 1.54) is 24.3 Å². The minimum Gasteiger partial charge on any atom is -0.482 e. The molecule has 4 heterocycles. The van der Waals surface area contributed by atoms with Crippen LogP contribution in [0, 0.1) is 11.8 Å². The monoisotopic (exact) mass is 992 g/mol. The van der Waals surface area contributed by atoms with Crippen molar-refractivity contribution in [1.29, 1.82) is 0 Å². The smallest absolute Gasteiger partial charge is 0.344 e. The molecule has 1 aliphatic carbocycles. The third kappa shape index (κ3) is 12.6. The number of hydrogen-bond acceptors (Lipinski definition) is 20. The average Bonchev–Trinajstić information content (AvgIpc) is 3.34. The summed E-state index contributed by atoms with van der Waals surface area (Å²) in [5.74, 6) is -2.50. The molecule has 20 heteroatoms. The zero-order valence-electron chi connectivity index (χ0n) is 39.4. The van der Waals surface area contributed by atoms with Crippen molar-refractivity contribution in [3.05, 3.63) is 129 Å². The number of carbonyl (C=O) groups excluding carboxylic acids is 6. The maximum Gasteiger partial charge on any atom is 0.344 e. The molecule has 0 radical (unpaired) electrons. The van der Waals surface area contributed by atoms with Gasteiger partial charge in [0.2, 0.25) is 0 Å². The van der Waals surface area contributed by atoms with Crippen molar-refractivity contribution in [1.82, 2.24) is 0 Å². The van der Waals surface area contributed by atoms with E-state index in [9.17, 15) is 38.4 Å². The fourth-order valence-corrected chi connectivity index (χ4v) is 8.04. The number of esters is 6. The summed E-state index contributed by atoms with van der Waals surface area (Å²) in [4.78, 5) is 93.5. The number of rotatable bonds is 16. The molecule has 0 unspecified atom stereocenters. The van der Waals surface area contributed by atoms with Gasteiger partial charge in [0.25, 0.3) is 0 Å². The van der Waals surface area contributed by atoms with Crippen LogP contribution < -0.4 is 39.7 Å². The van der Waals surface area contributed by atoms with Crippen molar-refractivity contribution in [2.45, 2.75) is 39.5 Å². The first-order chi connectivity index (χ1) is 34.8. The quantitative estimate of drug-likeness (QED) is 0.0467. The Morgan fingerprint density at radius 2 is 0.708 bits per heavy atom. The van der Waals surface area contributed by atoms with Gasteiger partial charge in [-0.25, -0.2) is 28.8 Å². The normalized spacial score (nSPS) is 16.6. The number of carbonyl (C=O) groups is 6. The van der Waals surface area contributed by atoms with E-state index in [4.69, 9.17) is 56.2 Å². The van der Waals surface area contributed by atoms with Gasteiger partial charge in [-0.1, -0.05) is 12.1 Å². The molecule has 0 saturated heterocycles. The summed E-state index contributed by atoms with van der Waals surface area (Å²) in [6.45, 7) is 7.09. The minimum atomic E-state index is -0.549. The minimum absolute atomic E-state index is 0.170. The number of fused-ring (bicyclic) bond motifs is 10. The topological polar surface area (TPSA) is 255 Å². The molecule has 72 heavy (non-hydrogen) atoms. The predicted molar refractivity (Wildman–Crippen MR) is 250 cm³/mol. The molecular formula is C52H48O20. The van der Waals surface area contributed by atoms with E-state index in [0.29, 0.717) is 70.0 Å².